The van der Waals surface area contributed by atoms with Gasteiger partial charge in [0.25, 0.3) is 0 Å². The minimum absolute atomic E-state index is 0.0312. The first-order valence-electron chi connectivity index (χ1n) is 8.74. The Balaban J connectivity index is 2.31. The Morgan fingerprint density at radius 1 is 1.33 bits per heavy atom. The van der Waals surface area contributed by atoms with Crippen LogP contribution in [0.15, 0.2) is 23.3 Å². The molecule has 0 aliphatic carbocycles. The molecule has 5 nitrogen and oxygen atoms in total. The van der Waals surface area contributed by atoms with Gasteiger partial charge in [-0.15, -0.1) is 5.10 Å². The largest absolute Gasteiger partial charge is 0.460 e. The predicted octanol–water partition coefficient (Wildman–Crippen LogP) is 4.63. The summed E-state index contributed by atoms with van der Waals surface area (Å²) in [7, 11) is 0. The van der Waals surface area contributed by atoms with E-state index in [0.717, 1.165) is 24.6 Å². The van der Waals surface area contributed by atoms with E-state index in [1.807, 2.05) is 0 Å². The van der Waals surface area contributed by atoms with Gasteiger partial charge in [0.05, 0.1) is 22.9 Å². The van der Waals surface area contributed by atoms with E-state index in [2.05, 4.69) is 24.4 Å². The predicted molar refractivity (Wildman–Crippen MR) is 98.7 cm³/mol. The molecule has 0 bridgehead atoms. The molecule has 1 aliphatic heterocycles. The Morgan fingerprint density at radius 3 is 2.52 bits per heavy atom. The second-order valence-electron chi connectivity index (χ2n) is 6.81. The summed E-state index contributed by atoms with van der Waals surface area (Å²) in [5.41, 5.74) is 1.61. The summed E-state index contributed by atoms with van der Waals surface area (Å²) >= 11 is 5.97. The van der Waals surface area contributed by atoms with E-state index < -0.39 is 17.7 Å². The van der Waals surface area contributed by atoms with Gasteiger partial charge in [0.15, 0.2) is 0 Å². The molecule has 2 atom stereocenters. The average Bonchev–Trinajstić information content (AvgIpc) is 2.55. The highest BCUT2D eigenvalue weighted by molar-refractivity contribution is 6.35. The number of amidine groups is 1. The summed E-state index contributed by atoms with van der Waals surface area (Å²) in [6.07, 6.45) is -3.48. The number of alkyl halides is 3. The number of nitrogens with one attached hydrogen (secondary N) is 1. The number of likely N-dealkylation sites (tertiary alicyclic amines) is 1. The summed E-state index contributed by atoms with van der Waals surface area (Å²) in [6, 6.07) is 2.88. The van der Waals surface area contributed by atoms with Crippen LogP contribution in [0.4, 0.5) is 18.9 Å². The molecule has 1 aromatic rings. The van der Waals surface area contributed by atoms with E-state index in [9.17, 15) is 18.0 Å². The number of hydrogen-bond acceptors (Lipinski definition) is 4. The van der Waals surface area contributed by atoms with Gasteiger partial charge < -0.3 is 9.64 Å². The average molecular weight is 406 g/mol. The molecule has 0 spiro atoms. The smallest absolute Gasteiger partial charge is 0.416 e. The highest BCUT2D eigenvalue weighted by atomic mass is 35.5. The van der Waals surface area contributed by atoms with E-state index in [4.69, 9.17) is 16.3 Å². The second-order valence-corrected chi connectivity index (χ2v) is 7.22. The lowest BCUT2D eigenvalue weighted by atomic mass is 9.92. The third-order valence-electron chi connectivity index (χ3n) is 4.20. The number of anilines is 1. The minimum Gasteiger partial charge on any atom is -0.460 e. The molecule has 1 heterocycles. The standard InChI is InChI=1S/C18H23ClF3N3O2/c1-4-27-17(26)16(25-9-11(2)7-12(3)10-25)24-23-15-8-13(18(20,21)22)5-6-14(15)19/h5-6,8,11-12,23H,4,7,9-10H2,1-3H3/b24-16-/t11-,12+. The fraction of sp³-hybridized carbons (Fsp3) is 0.556. The van der Waals surface area contributed by atoms with Gasteiger partial charge in [-0.1, -0.05) is 25.4 Å². The van der Waals surface area contributed by atoms with E-state index >= 15 is 0 Å². The number of halogens is 4. The van der Waals surface area contributed by atoms with Gasteiger partial charge in [0.2, 0.25) is 5.84 Å². The fourth-order valence-electron chi connectivity index (χ4n) is 3.18. The number of benzene rings is 1. The molecule has 1 fully saturated rings. The maximum atomic E-state index is 12.9. The maximum Gasteiger partial charge on any atom is 0.416 e. The summed E-state index contributed by atoms with van der Waals surface area (Å²) in [5.74, 6) is 0.106. The van der Waals surface area contributed by atoms with Gasteiger partial charge in [-0.25, -0.2) is 4.79 Å². The highest BCUT2D eigenvalue weighted by Crippen LogP contribution is 2.34. The van der Waals surface area contributed by atoms with Crippen LogP contribution in [0, 0.1) is 11.8 Å². The molecule has 0 unspecified atom stereocenters. The van der Waals surface area contributed by atoms with E-state index in [1.54, 1.807) is 11.8 Å². The zero-order chi connectivity index (χ0) is 20.2. The number of hydrazone groups is 1. The molecule has 2 rings (SSSR count). The van der Waals surface area contributed by atoms with Gasteiger partial charge in [-0.3, -0.25) is 5.43 Å². The number of carbonyl (C=O) groups is 1. The zero-order valence-corrected chi connectivity index (χ0v) is 16.2. The molecule has 0 radical (unpaired) electrons. The SMILES string of the molecule is CCOC(=O)/C(=N/Nc1cc(C(F)(F)F)ccc1Cl)N1C[C@H](C)C[C@H](C)C1. The molecule has 150 valence electrons. The lowest BCUT2D eigenvalue weighted by molar-refractivity contribution is -0.138. The number of esters is 1. The third-order valence-corrected chi connectivity index (χ3v) is 4.53. The first-order valence-corrected chi connectivity index (χ1v) is 9.12. The van der Waals surface area contributed by atoms with Gasteiger partial charge in [-0.2, -0.15) is 13.2 Å². The van der Waals surface area contributed by atoms with E-state index in [1.165, 1.54) is 0 Å². The Bertz CT molecular complexity index is 700. The lowest BCUT2D eigenvalue weighted by Crippen LogP contribution is -2.46. The van der Waals surface area contributed by atoms with Crippen molar-refractivity contribution in [2.45, 2.75) is 33.4 Å². The van der Waals surface area contributed by atoms with Crippen LogP contribution in [0.5, 0.6) is 0 Å². The molecule has 27 heavy (non-hydrogen) atoms. The quantitative estimate of drug-likeness (QED) is 0.345. The summed E-state index contributed by atoms with van der Waals surface area (Å²) in [5, 5.41) is 4.12. The number of nitrogens with zero attached hydrogens (tertiary/aromatic N) is 2. The molecule has 1 aromatic carbocycles. The van der Waals surface area contributed by atoms with E-state index in [-0.39, 0.29) is 23.2 Å². The van der Waals surface area contributed by atoms with Gasteiger partial charge in [0, 0.05) is 13.1 Å². The lowest BCUT2D eigenvalue weighted by Gasteiger charge is -2.36. The number of rotatable bonds is 3. The second kappa shape index (κ2) is 8.82. The Morgan fingerprint density at radius 2 is 1.96 bits per heavy atom. The van der Waals surface area contributed by atoms with Crippen molar-refractivity contribution in [3.05, 3.63) is 28.8 Å². The highest BCUT2D eigenvalue weighted by Gasteiger charge is 2.31. The third kappa shape index (κ3) is 5.76. The van der Waals surface area contributed by atoms with Gasteiger partial charge >= 0.3 is 12.1 Å². The molecule has 1 aliphatic rings. The number of ether oxygens (including phenoxy) is 1. The van der Waals surface area contributed by atoms with Crippen LogP contribution in [0.1, 0.15) is 32.8 Å². The number of piperidine rings is 1. The first-order chi connectivity index (χ1) is 12.6. The number of hydrogen-bond donors (Lipinski definition) is 1. The first kappa shape index (κ1) is 21.3. The fourth-order valence-corrected chi connectivity index (χ4v) is 3.34. The van der Waals surface area contributed by atoms with Crippen molar-refractivity contribution in [3.63, 3.8) is 0 Å². The van der Waals surface area contributed by atoms with Crippen molar-refractivity contribution in [2.75, 3.05) is 25.1 Å². The van der Waals surface area contributed by atoms with E-state index in [0.29, 0.717) is 24.9 Å². The molecule has 1 N–H and O–H groups in total. The molecular weight excluding hydrogens is 383 g/mol. The normalized spacial score (nSPS) is 21.1. The minimum atomic E-state index is -4.51. The molecule has 1 saturated heterocycles. The summed E-state index contributed by atoms with van der Waals surface area (Å²) < 4.78 is 43.8. The molecule has 0 aromatic heterocycles. The Kier molecular flexibility index (Phi) is 6.97. The van der Waals surface area contributed by atoms with Crippen LogP contribution in [-0.4, -0.2) is 36.4 Å². The van der Waals surface area contributed by atoms with Gasteiger partial charge in [0.1, 0.15) is 0 Å². The van der Waals surface area contributed by atoms with Crippen molar-refractivity contribution in [2.24, 2.45) is 16.9 Å². The Hall–Kier alpha value is -1.96. The van der Waals surface area contributed by atoms with Crippen molar-refractivity contribution in [3.8, 4) is 0 Å². The van der Waals surface area contributed by atoms with Crippen molar-refractivity contribution in [1.29, 1.82) is 0 Å². The summed E-state index contributed by atoms with van der Waals surface area (Å²) in [6.45, 7) is 7.21. The molecule has 0 saturated carbocycles. The summed E-state index contributed by atoms with van der Waals surface area (Å²) in [4.78, 5) is 14.1. The monoisotopic (exact) mass is 405 g/mol. The molecule has 0 amide bonds. The van der Waals surface area contributed by atoms with Crippen molar-refractivity contribution in [1.82, 2.24) is 4.90 Å². The molecule has 9 heteroatoms. The maximum absolute atomic E-state index is 12.9. The van der Waals surface area contributed by atoms with Crippen LogP contribution in [0.2, 0.25) is 5.02 Å². The van der Waals surface area contributed by atoms with Crippen LogP contribution in [-0.2, 0) is 15.7 Å². The van der Waals surface area contributed by atoms with Gasteiger partial charge in [-0.05, 0) is 43.4 Å². The van der Waals surface area contributed by atoms with Crippen molar-refractivity contribution >= 4 is 29.1 Å². The van der Waals surface area contributed by atoms with Crippen LogP contribution in [0.3, 0.4) is 0 Å². The Labute approximate surface area is 161 Å². The topological polar surface area (TPSA) is 53.9 Å². The zero-order valence-electron chi connectivity index (χ0n) is 15.4. The van der Waals surface area contributed by atoms with Crippen LogP contribution in [0.25, 0.3) is 0 Å². The molecular formula is C18H23ClF3N3O2. The van der Waals surface area contributed by atoms with Crippen LogP contribution < -0.4 is 5.43 Å². The number of carbonyl (C=O) groups excluding carboxylic acids is 1. The van der Waals surface area contributed by atoms with Crippen LogP contribution >= 0.6 is 11.6 Å². The van der Waals surface area contributed by atoms with Crippen molar-refractivity contribution < 1.29 is 22.7 Å².